The highest BCUT2D eigenvalue weighted by Gasteiger charge is 2.10. The van der Waals surface area contributed by atoms with E-state index in [0.29, 0.717) is 6.42 Å². The van der Waals surface area contributed by atoms with Crippen LogP contribution in [0.5, 0.6) is 0 Å². The van der Waals surface area contributed by atoms with E-state index >= 15 is 0 Å². The third-order valence-corrected chi connectivity index (χ3v) is 2.83. The maximum absolute atomic E-state index is 11.5. The summed E-state index contributed by atoms with van der Waals surface area (Å²) >= 11 is 0. The van der Waals surface area contributed by atoms with Crippen molar-refractivity contribution in [2.45, 2.75) is 19.4 Å². The van der Waals surface area contributed by atoms with Crippen LogP contribution in [0.4, 0.5) is 0 Å². The number of hydrogen-bond acceptors (Lipinski definition) is 3. The quantitative estimate of drug-likeness (QED) is 0.803. The summed E-state index contributed by atoms with van der Waals surface area (Å²) in [5.41, 5.74) is 1.62. The predicted octanol–water partition coefficient (Wildman–Crippen LogP) is 0.915. The van der Waals surface area contributed by atoms with Gasteiger partial charge in [-0.1, -0.05) is 24.0 Å². The summed E-state index contributed by atoms with van der Waals surface area (Å²) in [6.07, 6.45) is 1.94. The van der Waals surface area contributed by atoms with E-state index in [2.05, 4.69) is 22.0 Å². The van der Waals surface area contributed by atoms with E-state index in [9.17, 15) is 4.79 Å². The third-order valence-electron chi connectivity index (χ3n) is 2.83. The van der Waals surface area contributed by atoms with Crippen LogP contribution in [-0.2, 0) is 0 Å². The molecule has 2 aromatic rings. The summed E-state index contributed by atoms with van der Waals surface area (Å²) in [7, 11) is 0. The van der Waals surface area contributed by atoms with Crippen LogP contribution in [0.1, 0.15) is 30.5 Å². The van der Waals surface area contributed by atoms with Gasteiger partial charge in [0.25, 0.3) is 0 Å². The summed E-state index contributed by atoms with van der Waals surface area (Å²) in [5, 5.41) is 14.8. The van der Waals surface area contributed by atoms with Crippen LogP contribution in [-0.4, -0.2) is 26.5 Å². The van der Waals surface area contributed by atoms with E-state index in [1.165, 1.54) is 10.9 Å². The molecule has 0 saturated carbocycles. The van der Waals surface area contributed by atoms with Crippen LogP contribution < -0.4 is 5.69 Å². The molecule has 0 spiro atoms. The molecule has 1 aromatic heterocycles. The summed E-state index contributed by atoms with van der Waals surface area (Å²) < 4.78 is 1.53. The molecule has 0 saturated heterocycles. The van der Waals surface area contributed by atoms with Crippen LogP contribution in [0.15, 0.2) is 35.4 Å². The average molecular weight is 257 g/mol. The Labute approximate surface area is 110 Å². The highest BCUT2D eigenvalue weighted by Crippen LogP contribution is 2.16. The van der Waals surface area contributed by atoms with Crippen molar-refractivity contribution in [2.24, 2.45) is 0 Å². The van der Waals surface area contributed by atoms with Gasteiger partial charge in [0.2, 0.25) is 0 Å². The van der Waals surface area contributed by atoms with Crippen molar-refractivity contribution in [2.75, 3.05) is 6.61 Å². The second kappa shape index (κ2) is 6.03. The monoisotopic (exact) mass is 257 g/mol. The Morgan fingerprint density at radius 2 is 2.37 bits per heavy atom. The summed E-state index contributed by atoms with van der Waals surface area (Å²) in [6.45, 7) is 1.99. The zero-order valence-electron chi connectivity index (χ0n) is 10.6. The maximum atomic E-state index is 11.5. The minimum atomic E-state index is -0.232. The van der Waals surface area contributed by atoms with Gasteiger partial charge in [-0.15, -0.1) is 0 Å². The number of aliphatic hydroxyl groups excluding tert-OH is 1. The molecule has 0 amide bonds. The fourth-order valence-electron chi connectivity index (χ4n) is 1.79. The van der Waals surface area contributed by atoms with Gasteiger partial charge >= 0.3 is 5.69 Å². The second-order valence-corrected chi connectivity index (χ2v) is 4.15. The number of aliphatic hydroxyl groups is 1. The topological polar surface area (TPSA) is 70.9 Å². The minimum Gasteiger partial charge on any atom is -0.395 e. The van der Waals surface area contributed by atoms with Crippen molar-refractivity contribution >= 4 is 0 Å². The molecule has 0 aliphatic carbocycles. The molecular formula is C14H15N3O2. The molecule has 2 N–H and O–H groups in total. The lowest BCUT2D eigenvalue weighted by Gasteiger charge is -2.11. The smallest absolute Gasteiger partial charge is 0.343 e. The van der Waals surface area contributed by atoms with Crippen molar-refractivity contribution in [3.63, 3.8) is 0 Å². The van der Waals surface area contributed by atoms with Crippen molar-refractivity contribution < 1.29 is 5.11 Å². The largest absolute Gasteiger partial charge is 0.395 e. The Bertz CT molecular complexity index is 661. The fraction of sp³-hybridized carbons (Fsp3) is 0.286. The van der Waals surface area contributed by atoms with Gasteiger partial charge < -0.3 is 5.11 Å². The molecule has 2 rings (SSSR count). The van der Waals surface area contributed by atoms with Gasteiger partial charge in [0, 0.05) is 12.0 Å². The number of nitrogens with one attached hydrogen (secondary N) is 1. The van der Waals surface area contributed by atoms with E-state index in [1.807, 2.05) is 31.2 Å². The van der Waals surface area contributed by atoms with E-state index in [-0.39, 0.29) is 18.3 Å². The molecule has 5 nitrogen and oxygen atoms in total. The van der Waals surface area contributed by atoms with Crippen LogP contribution >= 0.6 is 0 Å². The van der Waals surface area contributed by atoms with Crippen molar-refractivity contribution in [3.8, 4) is 11.8 Å². The Kier molecular flexibility index (Phi) is 4.16. The van der Waals surface area contributed by atoms with Gasteiger partial charge in [-0.05, 0) is 24.6 Å². The summed E-state index contributed by atoms with van der Waals surface area (Å²) in [6, 6.07) is 7.58. The standard InChI is InChI=1S/C14H15N3O2/c1-11(17-10-15-16-14(17)19)13-7-4-6-12(9-13)5-2-3-8-18/h4,6-7,9-11,18H,3,8H2,1H3,(H,16,19). The fourth-order valence-corrected chi connectivity index (χ4v) is 1.79. The van der Waals surface area contributed by atoms with Gasteiger partial charge in [0.05, 0.1) is 12.6 Å². The molecule has 0 aliphatic rings. The van der Waals surface area contributed by atoms with Crippen LogP contribution in [0.2, 0.25) is 0 Å². The van der Waals surface area contributed by atoms with E-state index in [1.54, 1.807) is 0 Å². The van der Waals surface area contributed by atoms with Crippen LogP contribution in [0.25, 0.3) is 0 Å². The van der Waals surface area contributed by atoms with Crippen LogP contribution in [0.3, 0.4) is 0 Å². The molecule has 98 valence electrons. The molecule has 1 heterocycles. The Morgan fingerprint density at radius 3 is 3.05 bits per heavy atom. The highest BCUT2D eigenvalue weighted by molar-refractivity contribution is 5.38. The number of H-pyrrole nitrogens is 1. The van der Waals surface area contributed by atoms with Crippen molar-refractivity contribution in [3.05, 3.63) is 52.2 Å². The summed E-state index contributed by atoms with van der Waals surface area (Å²) in [4.78, 5) is 11.5. The highest BCUT2D eigenvalue weighted by atomic mass is 16.2. The molecule has 1 unspecified atom stereocenters. The average Bonchev–Trinajstić information content (AvgIpc) is 2.85. The van der Waals surface area contributed by atoms with E-state index in [4.69, 9.17) is 5.11 Å². The first-order chi connectivity index (χ1) is 9.22. The zero-order chi connectivity index (χ0) is 13.7. The SMILES string of the molecule is CC(c1cccc(C#CCCO)c1)n1cn[nH]c1=O. The normalized spacial score (nSPS) is 11.7. The molecule has 5 heteroatoms. The van der Waals surface area contributed by atoms with E-state index < -0.39 is 0 Å². The molecule has 1 aromatic carbocycles. The molecule has 0 fully saturated rings. The van der Waals surface area contributed by atoms with Gasteiger partial charge in [-0.3, -0.25) is 4.57 Å². The molecular weight excluding hydrogens is 242 g/mol. The zero-order valence-corrected chi connectivity index (χ0v) is 10.6. The number of aromatic nitrogens is 3. The Hall–Kier alpha value is -2.32. The Balaban J connectivity index is 2.27. The van der Waals surface area contributed by atoms with Crippen LogP contribution in [0, 0.1) is 11.8 Å². The number of nitrogens with zero attached hydrogens (tertiary/aromatic N) is 2. The lowest BCUT2D eigenvalue weighted by Crippen LogP contribution is -2.20. The molecule has 19 heavy (non-hydrogen) atoms. The number of benzene rings is 1. The number of aromatic amines is 1. The predicted molar refractivity (Wildman–Crippen MR) is 71.7 cm³/mol. The van der Waals surface area contributed by atoms with Gasteiger partial charge in [-0.2, -0.15) is 5.10 Å². The van der Waals surface area contributed by atoms with E-state index in [0.717, 1.165) is 11.1 Å². The van der Waals surface area contributed by atoms with Crippen molar-refractivity contribution in [1.29, 1.82) is 0 Å². The first-order valence-corrected chi connectivity index (χ1v) is 6.03. The summed E-state index contributed by atoms with van der Waals surface area (Å²) in [5.74, 6) is 5.86. The molecule has 0 radical (unpaired) electrons. The minimum absolute atomic E-state index is 0.0630. The molecule has 1 atom stereocenters. The third kappa shape index (κ3) is 3.12. The number of hydrogen-bond donors (Lipinski definition) is 2. The molecule has 0 bridgehead atoms. The first kappa shape index (κ1) is 13.1. The van der Waals surface area contributed by atoms with Gasteiger partial charge in [-0.25, -0.2) is 9.89 Å². The Morgan fingerprint density at radius 1 is 1.53 bits per heavy atom. The molecule has 0 aliphatic heterocycles. The maximum Gasteiger partial charge on any atom is 0.343 e. The first-order valence-electron chi connectivity index (χ1n) is 6.03. The second-order valence-electron chi connectivity index (χ2n) is 4.15. The lowest BCUT2D eigenvalue weighted by atomic mass is 10.1. The van der Waals surface area contributed by atoms with Gasteiger partial charge in [0.15, 0.2) is 0 Å². The lowest BCUT2D eigenvalue weighted by molar-refractivity contribution is 0.305. The van der Waals surface area contributed by atoms with Crippen molar-refractivity contribution in [1.82, 2.24) is 14.8 Å². The van der Waals surface area contributed by atoms with Gasteiger partial charge in [0.1, 0.15) is 6.33 Å². The number of rotatable bonds is 3.